The zero-order valence-electron chi connectivity index (χ0n) is 15.5. The van der Waals surface area contributed by atoms with E-state index in [4.69, 9.17) is 9.15 Å². The molecule has 0 aliphatic carbocycles. The summed E-state index contributed by atoms with van der Waals surface area (Å²) in [5.74, 6) is 1.20. The number of carbonyl (C=O) groups excluding carboxylic acids is 1. The highest BCUT2D eigenvalue weighted by Gasteiger charge is 2.12. The van der Waals surface area contributed by atoms with Crippen molar-refractivity contribution in [3.63, 3.8) is 0 Å². The predicted molar refractivity (Wildman–Crippen MR) is 109 cm³/mol. The van der Waals surface area contributed by atoms with E-state index in [1.54, 1.807) is 18.2 Å². The van der Waals surface area contributed by atoms with E-state index in [0.717, 1.165) is 16.8 Å². The van der Waals surface area contributed by atoms with Crippen molar-refractivity contribution in [2.24, 2.45) is 0 Å². The van der Waals surface area contributed by atoms with Crippen molar-refractivity contribution in [2.75, 3.05) is 11.9 Å². The van der Waals surface area contributed by atoms with Gasteiger partial charge in [-0.05, 0) is 55.0 Å². The summed E-state index contributed by atoms with van der Waals surface area (Å²) in [7, 11) is 0. The van der Waals surface area contributed by atoms with Crippen LogP contribution in [0.25, 0.3) is 11.1 Å². The van der Waals surface area contributed by atoms with Crippen LogP contribution in [0.1, 0.15) is 28.7 Å². The van der Waals surface area contributed by atoms with Gasteiger partial charge < -0.3 is 14.5 Å². The van der Waals surface area contributed by atoms with Gasteiger partial charge in [0.2, 0.25) is 0 Å². The maximum atomic E-state index is 12.6. The third kappa shape index (κ3) is 4.04. The van der Waals surface area contributed by atoms with Gasteiger partial charge >= 0.3 is 0 Å². The number of benzene rings is 3. The minimum Gasteiger partial charge on any atom is -0.494 e. The number of nitrogens with one attached hydrogen (secondary N) is 1. The molecule has 1 amide bonds. The van der Waals surface area contributed by atoms with E-state index in [9.17, 15) is 4.79 Å². The smallest absolute Gasteiger partial charge is 0.255 e. The number of oxazole rings is 1. The third-order valence-electron chi connectivity index (χ3n) is 4.32. The van der Waals surface area contributed by atoms with Crippen LogP contribution in [-0.4, -0.2) is 17.5 Å². The summed E-state index contributed by atoms with van der Waals surface area (Å²) >= 11 is 0. The summed E-state index contributed by atoms with van der Waals surface area (Å²) in [6.07, 6.45) is 0.614. The highest BCUT2D eigenvalue weighted by Crippen LogP contribution is 2.21. The van der Waals surface area contributed by atoms with Gasteiger partial charge in [-0.2, -0.15) is 0 Å². The third-order valence-corrected chi connectivity index (χ3v) is 4.32. The lowest BCUT2D eigenvalue weighted by atomic mass is 10.1. The van der Waals surface area contributed by atoms with Crippen molar-refractivity contribution >= 4 is 22.7 Å². The number of aromatic nitrogens is 1. The summed E-state index contributed by atoms with van der Waals surface area (Å²) < 4.78 is 11.3. The van der Waals surface area contributed by atoms with Gasteiger partial charge in [0, 0.05) is 17.7 Å². The van der Waals surface area contributed by atoms with E-state index in [1.807, 2.05) is 61.5 Å². The Hall–Kier alpha value is -3.60. The van der Waals surface area contributed by atoms with Crippen LogP contribution in [0.3, 0.4) is 0 Å². The fraction of sp³-hybridized carbons (Fsp3) is 0.130. The SMILES string of the molecule is CCOc1ccc(NC(=O)c2ccc3nc(Cc4ccccc4)oc3c2)cc1. The molecule has 0 aliphatic rings. The molecule has 4 rings (SSSR count). The minimum absolute atomic E-state index is 0.202. The second-order valence-corrected chi connectivity index (χ2v) is 6.36. The number of ether oxygens (including phenoxy) is 1. The van der Waals surface area contributed by atoms with Crippen LogP contribution >= 0.6 is 0 Å². The Kier molecular flexibility index (Phi) is 5.06. The second kappa shape index (κ2) is 7.96. The molecule has 1 aromatic heterocycles. The molecule has 28 heavy (non-hydrogen) atoms. The molecule has 140 valence electrons. The Morgan fingerprint density at radius 2 is 1.82 bits per heavy atom. The fourth-order valence-corrected chi connectivity index (χ4v) is 2.96. The van der Waals surface area contributed by atoms with Gasteiger partial charge in [0.05, 0.1) is 6.61 Å². The Bertz CT molecular complexity index is 1090. The maximum Gasteiger partial charge on any atom is 0.255 e. The molecule has 0 saturated heterocycles. The summed E-state index contributed by atoms with van der Waals surface area (Å²) in [6.45, 7) is 2.54. The van der Waals surface area contributed by atoms with Crippen LogP contribution in [0, 0.1) is 0 Å². The normalized spacial score (nSPS) is 10.8. The molecule has 1 heterocycles. The van der Waals surface area contributed by atoms with E-state index < -0.39 is 0 Å². The second-order valence-electron chi connectivity index (χ2n) is 6.36. The number of anilines is 1. The topological polar surface area (TPSA) is 64.4 Å². The monoisotopic (exact) mass is 372 g/mol. The van der Waals surface area contributed by atoms with E-state index in [2.05, 4.69) is 10.3 Å². The summed E-state index contributed by atoms with van der Waals surface area (Å²) in [6, 6.07) is 22.6. The Morgan fingerprint density at radius 1 is 1.04 bits per heavy atom. The highest BCUT2D eigenvalue weighted by atomic mass is 16.5. The van der Waals surface area contributed by atoms with Gasteiger partial charge in [0.1, 0.15) is 11.3 Å². The Morgan fingerprint density at radius 3 is 2.57 bits per heavy atom. The first-order valence-electron chi connectivity index (χ1n) is 9.19. The van der Waals surface area contributed by atoms with Gasteiger partial charge in [-0.3, -0.25) is 4.79 Å². The molecule has 0 atom stereocenters. The summed E-state index contributed by atoms with van der Waals surface area (Å²) in [5, 5.41) is 2.88. The van der Waals surface area contributed by atoms with E-state index in [0.29, 0.717) is 35.8 Å². The van der Waals surface area contributed by atoms with Crippen LogP contribution < -0.4 is 10.1 Å². The van der Waals surface area contributed by atoms with E-state index >= 15 is 0 Å². The van der Waals surface area contributed by atoms with Crippen molar-refractivity contribution in [3.05, 3.63) is 89.8 Å². The largest absolute Gasteiger partial charge is 0.494 e. The lowest BCUT2D eigenvalue weighted by Crippen LogP contribution is -2.11. The molecule has 0 radical (unpaired) electrons. The van der Waals surface area contributed by atoms with Gasteiger partial charge in [0.15, 0.2) is 11.5 Å². The molecule has 0 bridgehead atoms. The van der Waals surface area contributed by atoms with Crippen LogP contribution in [0.4, 0.5) is 5.69 Å². The summed E-state index contributed by atoms with van der Waals surface area (Å²) in [5.41, 5.74) is 3.69. The first-order valence-corrected chi connectivity index (χ1v) is 9.19. The van der Waals surface area contributed by atoms with Crippen LogP contribution in [0.2, 0.25) is 0 Å². The predicted octanol–water partition coefficient (Wildman–Crippen LogP) is 5.07. The lowest BCUT2D eigenvalue weighted by molar-refractivity contribution is 0.102. The molecule has 5 nitrogen and oxygen atoms in total. The van der Waals surface area contributed by atoms with Crippen LogP contribution in [0.5, 0.6) is 5.75 Å². The number of amides is 1. The molecule has 0 fully saturated rings. The van der Waals surface area contributed by atoms with Crippen LogP contribution in [-0.2, 0) is 6.42 Å². The molecule has 5 heteroatoms. The average Bonchev–Trinajstić information content (AvgIpc) is 3.12. The standard InChI is InChI=1S/C23H20N2O3/c1-2-27-19-11-9-18(10-12-19)24-23(26)17-8-13-20-21(15-17)28-22(25-20)14-16-6-4-3-5-7-16/h3-13,15H,2,14H2,1H3,(H,24,26). The minimum atomic E-state index is -0.202. The Labute approximate surface area is 163 Å². The molecule has 0 aliphatic heterocycles. The molecule has 3 aromatic carbocycles. The number of nitrogens with zero attached hydrogens (tertiary/aromatic N) is 1. The van der Waals surface area contributed by atoms with E-state index in [-0.39, 0.29) is 5.91 Å². The number of hydrogen-bond acceptors (Lipinski definition) is 4. The molecule has 0 spiro atoms. The van der Waals surface area contributed by atoms with Gasteiger partial charge in [-0.1, -0.05) is 30.3 Å². The summed E-state index contributed by atoms with van der Waals surface area (Å²) in [4.78, 5) is 17.1. The van der Waals surface area contributed by atoms with Crippen molar-refractivity contribution in [3.8, 4) is 5.75 Å². The first-order chi connectivity index (χ1) is 13.7. The quantitative estimate of drug-likeness (QED) is 0.513. The lowest BCUT2D eigenvalue weighted by Gasteiger charge is -2.07. The maximum absolute atomic E-state index is 12.6. The highest BCUT2D eigenvalue weighted by molar-refractivity contribution is 6.05. The molecular formula is C23H20N2O3. The van der Waals surface area contributed by atoms with E-state index in [1.165, 1.54) is 0 Å². The average molecular weight is 372 g/mol. The zero-order valence-corrected chi connectivity index (χ0v) is 15.5. The molecular weight excluding hydrogens is 352 g/mol. The Balaban J connectivity index is 1.49. The van der Waals surface area contributed by atoms with Crippen LogP contribution in [0.15, 0.2) is 77.2 Å². The first kappa shape index (κ1) is 17.8. The molecule has 4 aromatic rings. The van der Waals surface area contributed by atoms with Crippen molar-refractivity contribution in [1.29, 1.82) is 0 Å². The number of hydrogen-bond donors (Lipinski definition) is 1. The molecule has 0 saturated carbocycles. The van der Waals surface area contributed by atoms with Crippen molar-refractivity contribution in [2.45, 2.75) is 13.3 Å². The fourth-order valence-electron chi connectivity index (χ4n) is 2.96. The van der Waals surface area contributed by atoms with Crippen molar-refractivity contribution < 1.29 is 13.9 Å². The number of rotatable bonds is 6. The number of fused-ring (bicyclic) bond motifs is 1. The zero-order chi connectivity index (χ0) is 19.3. The van der Waals surface area contributed by atoms with Gasteiger partial charge in [0.25, 0.3) is 5.91 Å². The molecule has 0 unspecified atom stereocenters. The van der Waals surface area contributed by atoms with Gasteiger partial charge in [-0.15, -0.1) is 0 Å². The van der Waals surface area contributed by atoms with Crippen molar-refractivity contribution in [1.82, 2.24) is 4.98 Å². The molecule has 1 N–H and O–H groups in total. The van der Waals surface area contributed by atoms with Gasteiger partial charge in [-0.25, -0.2) is 4.98 Å². The number of carbonyl (C=O) groups is 1.